The first kappa shape index (κ1) is 23.7. The van der Waals surface area contributed by atoms with E-state index in [9.17, 15) is 9.59 Å². The Labute approximate surface area is 181 Å². The zero-order valence-electron chi connectivity index (χ0n) is 19.7. The van der Waals surface area contributed by atoms with Crippen molar-refractivity contribution in [1.29, 1.82) is 0 Å². The second-order valence-corrected chi connectivity index (χ2v) is 9.86. The van der Waals surface area contributed by atoms with Gasteiger partial charge in [-0.1, -0.05) is 67.5 Å². The zero-order chi connectivity index (χ0) is 22.7. The van der Waals surface area contributed by atoms with Crippen molar-refractivity contribution in [2.45, 2.75) is 68.2 Å². The number of nitrogens with one attached hydrogen (secondary N) is 2. The lowest BCUT2D eigenvalue weighted by Crippen LogP contribution is -2.28. The van der Waals surface area contributed by atoms with Crippen molar-refractivity contribution in [1.82, 2.24) is 0 Å². The van der Waals surface area contributed by atoms with Crippen LogP contribution in [-0.4, -0.2) is 11.8 Å². The molecule has 2 amide bonds. The van der Waals surface area contributed by atoms with Gasteiger partial charge in [-0.15, -0.1) is 0 Å². The Hall–Kier alpha value is -2.62. The van der Waals surface area contributed by atoms with Crippen LogP contribution in [0.4, 0.5) is 11.4 Å². The summed E-state index contributed by atoms with van der Waals surface area (Å²) in [6.07, 6.45) is 1.65. The summed E-state index contributed by atoms with van der Waals surface area (Å²) in [5.41, 5.74) is 5.27. The number of anilines is 2. The minimum Gasteiger partial charge on any atom is -0.325 e. The van der Waals surface area contributed by atoms with Gasteiger partial charge in [-0.3, -0.25) is 9.59 Å². The van der Waals surface area contributed by atoms with Gasteiger partial charge in [0, 0.05) is 22.2 Å². The summed E-state index contributed by atoms with van der Waals surface area (Å²) in [4.78, 5) is 24.8. The summed E-state index contributed by atoms with van der Waals surface area (Å²) in [7, 11) is 0. The standard InChI is InChI=1S/C26H36N2O2/c1-9-17-15-19(11-13-21(17)27-23(29)25(3,4)5)20-12-14-22(18(10-2)16-20)28-24(30)26(6,7)8/h11-16H,9-10H2,1-8H3,(H,27,29)(H,28,30). The van der Waals surface area contributed by atoms with Gasteiger partial charge < -0.3 is 10.6 Å². The third-order valence-corrected chi connectivity index (χ3v) is 5.16. The monoisotopic (exact) mass is 408 g/mol. The number of rotatable bonds is 5. The molecule has 0 saturated heterocycles. The van der Waals surface area contributed by atoms with Gasteiger partial charge in [0.1, 0.15) is 0 Å². The van der Waals surface area contributed by atoms with E-state index in [0.717, 1.165) is 46.5 Å². The maximum Gasteiger partial charge on any atom is 0.229 e. The summed E-state index contributed by atoms with van der Waals surface area (Å²) in [5, 5.41) is 6.12. The topological polar surface area (TPSA) is 58.2 Å². The van der Waals surface area contributed by atoms with E-state index in [2.05, 4.69) is 36.6 Å². The van der Waals surface area contributed by atoms with Crippen LogP contribution < -0.4 is 10.6 Å². The number of carbonyl (C=O) groups excluding carboxylic acids is 2. The summed E-state index contributed by atoms with van der Waals surface area (Å²) in [6.45, 7) is 15.7. The molecule has 2 rings (SSSR count). The van der Waals surface area contributed by atoms with Crippen molar-refractivity contribution < 1.29 is 9.59 Å². The van der Waals surface area contributed by atoms with E-state index in [4.69, 9.17) is 0 Å². The van der Waals surface area contributed by atoms with Crippen LogP contribution in [0, 0.1) is 10.8 Å². The molecular weight excluding hydrogens is 372 g/mol. The number of hydrogen-bond donors (Lipinski definition) is 2. The molecule has 4 heteroatoms. The van der Waals surface area contributed by atoms with Crippen molar-refractivity contribution >= 4 is 23.2 Å². The number of carbonyl (C=O) groups is 2. The maximum absolute atomic E-state index is 12.4. The molecular formula is C26H36N2O2. The molecule has 0 heterocycles. The summed E-state index contributed by atoms with van der Waals surface area (Å²) >= 11 is 0. The number of aryl methyl sites for hydroxylation is 2. The van der Waals surface area contributed by atoms with Crippen LogP contribution in [0.1, 0.15) is 66.5 Å². The molecule has 0 unspecified atom stereocenters. The molecule has 0 aromatic heterocycles. The van der Waals surface area contributed by atoms with Gasteiger partial charge in [0.05, 0.1) is 0 Å². The largest absolute Gasteiger partial charge is 0.325 e. The minimum absolute atomic E-state index is 0.0113. The minimum atomic E-state index is -0.437. The third kappa shape index (κ3) is 5.71. The molecule has 162 valence electrons. The molecule has 0 aliphatic carbocycles. The molecule has 30 heavy (non-hydrogen) atoms. The Bertz CT molecular complexity index is 854. The molecule has 0 saturated carbocycles. The summed E-state index contributed by atoms with van der Waals surface area (Å²) in [5.74, 6) is 0.0225. The highest BCUT2D eigenvalue weighted by Crippen LogP contribution is 2.30. The van der Waals surface area contributed by atoms with Crippen molar-refractivity contribution in [3.63, 3.8) is 0 Å². The highest BCUT2D eigenvalue weighted by atomic mass is 16.2. The predicted octanol–water partition coefficient (Wildman–Crippen LogP) is 6.45. The molecule has 0 radical (unpaired) electrons. The molecule has 2 aromatic carbocycles. The molecule has 2 aromatic rings. The van der Waals surface area contributed by atoms with E-state index >= 15 is 0 Å². The Kier molecular flexibility index (Phi) is 7.12. The van der Waals surface area contributed by atoms with Gasteiger partial charge in [0.2, 0.25) is 11.8 Å². The van der Waals surface area contributed by atoms with Crippen LogP contribution in [0.5, 0.6) is 0 Å². The lowest BCUT2D eigenvalue weighted by atomic mass is 9.93. The van der Waals surface area contributed by atoms with E-state index < -0.39 is 10.8 Å². The Morgan fingerprint density at radius 1 is 0.667 bits per heavy atom. The first-order valence-electron chi connectivity index (χ1n) is 10.8. The summed E-state index contributed by atoms with van der Waals surface area (Å²) in [6, 6.07) is 12.3. The molecule has 0 aliphatic heterocycles. The van der Waals surface area contributed by atoms with Crippen LogP contribution >= 0.6 is 0 Å². The first-order chi connectivity index (χ1) is 13.9. The Morgan fingerprint density at radius 2 is 1.00 bits per heavy atom. The fraction of sp³-hybridized carbons (Fsp3) is 0.462. The third-order valence-electron chi connectivity index (χ3n) is 5.16. The molecule has 0 bridgehead atoms. The van der Waals surface area contributed by atoms with Crippen molar-refractivity contribution in [2.24, 2.45) is 10.8 Å². The van der Waals surface area contributed by atoms with E-state index in [1.165, 1.54) is 0 Å². The molecule has 2 N–H and O–H groups in total. The van der Waals surface area contributed by atoms with Crippen LogP contribution in [0.3, 0.4) is 0 Å². The second kappa shape index (κ2) is 9.03. The lowest BCUT2D eigenvalue weighted by molar-refractivity contribution is -0.123. The van der Waals surface area contributed by atoms with Gasteiger partial charge in [-0.2, -0.15) is 0 Å². The van der Waals surface area contributed by atoms with Crippen molar-refractivity contribution in [3.05, 3.63) is 47.5 Å². The highest BCUT2D eigenvalue weighted by molar-refractivity contribution is 5.96. The maximum atomic E-state index is 12.4. The molecule has 4 nitrogen and oxygen atoms in total. The first-order valence-corrected chi connectivity index (χ1v) is 10.8. The van der Waals surface area contributed by atoms with Gasteiger partial charge in [-0.25, -0.2) is 0 Å². The fourth-order valence-electron chi connectivity index (χ4n) is 3.00. The average Bonchev–Trinajstić information content (AvgIpc) is 2.67. The lowest BCUT2D eigenvalue weighted by Gasteiger charge is -2.20. The Morgan fingerprint density at radius 3 is 1.27 bits per heavy atom. The normalized spacial score (nSPS) is 11.9. The van der Waals surface area contributed by atoms with E-state index in [1.54, 1.807) is 0 Å². The van der Waals surface area contributed by atoms with Crippen molar-refractivity contribution in [2.75, 3.05) is 10.6 Å². The number of hydrogen-bond acceptors (Lipinski definition) is 2. The van der Waals surface area contributed by atoms with Gasteiger partial charge in [0.15, 0.2) is 0 Å². The van der Waals surface area contributed by atoms with Crippen LogP contribution in [0.2, 0.25) is 0 Å². The molecule has 0 aliphatic rings. The van der Waals surface area contributed by atoms with Gasteiger partial charge in [0.25, 0.3) is 0 Å². The molecule has 0 fully saturated rings. The van der Waals surface area contributed by atoms with E-state index in [-0.39, 0.29) is 11.8 Å². The fourth-order valence-corrected chi connectivity index (χ4v) is 3.00. The smallest absolute Gasteiger partial charge is 0.229 e. The van der Waals surface area contributed by atoms with Crippen molar-refractivity contribution in [3.8, 4) is 11.1 Å². The zero-order valence-corrected chi connectivity index (χ0v) is 19.7. The van der Waals surface area contributed by atoms with E-state index in [0.29, 0.717) is 0 Å². The van der Waals surface area contributed by atoms with Crippen LogP contribution in [0.25, 0.3) is 11.1 Å². The van der Waals surface area contributed by atoms with E-state index in [1.807, 2.05) is 65.8 Å². The van der Waals surface area contributed by atoms with Gasteiger partial charge >= 0.3 is 0 Å². The second-order valence-electron chi connectivity index (χ2n) is 9.86. The number of benzene rings is 2. The average molecular weight is 409 g/mol. The van der Waals surface area contributed by atoms with Crippen LogP contribution in [0.15, 0.2) is 36.4 Å². The number of amides is 2. The van der Waals surface area contributed by atoms with Gasteiger partial charge in [-0.05, 0) is 59.4 Å². The predicted molar refractivity (Wildman–Crippen MR) is 127 cm³/mol. The SMILES string of the molecule is CCc1cc(-c2ccc(NC(=O)C(C)(C)C)c(CC)c2)ccc1NC(=O)C(C)(C)C. The summed E-state index contributed by atoms with van der Waals surface area (Å²) < 4.78 is 0. The Balaban J connectivity index is 2.35. The highest BCUT2D eigenvalue weighted by Gasteiger charge is 2.23. The van der Waals surface area contributed by atoms with Crippen LogP contribution in [-0.2, 0) is 22.4 Å². The molecule has 0 spiro atoms. The quantitative estimate of drug-likeness (QED) is 0.597. The molecule has 0 atom stereocenters.